The van der Waals surface area contributed by atoms with Gasteiger partial charge in [0, 0.05) is 0 Å². The van der Waals surface area contributed by atoms with Gasteiger partial charge in [0.2, 0.25) is 0 Å². The van der Waals surface area contributed by atoms with E-state index in [0.29, 0.717) is 6.61 Å². The lowest BCUT2D eigenvalue weighted by Crippen LogP contribution is -1.87. The lowest BCUT2D eigenvalue weighted by Gasteiger charge is -1.90. The van der Waals surface area contributed by atoms with E-state index in [9.17, 15) is 4.79 Å². The summed E-state index contributed by atoms with van der Waals surface area (Å²) in [6.07, 6.45) is 0. The Morgan fingerprint density at radius 3 is 2.62 bits per heavy atom. The average molecular weight is 111 g/mol. The van der Waals surface area contributed by atoms with Crippen LogP contribution in [0.5, 0.6) is 0 Å². The van der Waals surface area contributed by atoms with Crippen LogP contribution in [0.4, 0.5) is 0 Å². The molecule has 0 amide bonds. The number of hydrogen-bond donors (Lipinski definition) is 0. The maximum absolute atomic E-state index is 9.62. The molecule has 0 radical (unpaired) electrons. The fraction of sp³-hybridized carbons (Fsp3) is 0.400. The molecule has 0 rings (SSSR count). The molecule has 0 saturated carbocycles. The van der Waals surface area contributed by atoms with Gasteiger partial charge in [-0.15, -0.1) is 0 Å². The Bertz CT molecular complexity index is 150. The third-order valence-electron chi connectivity index (χ3n) is 0.483. The zero-order valence-corrected chi connectivity index (χ0v) is 4.47. The first kappa shape index (κ1) is 6.74. The summed E-state index contributed by atoms with van der Waals surface area (Å²) in [6.45, 7) is 2.02. The molecule has 0 aliphatic rings. The molecule has 0 bridgehead atoms. The highest BCUT2D eigenvalue weighted by Crippen LogP contribution is 1.85. The summed E-state index contributed by atoms with van der Waals surface area (Å²) in [5.41, 5.74) is 0. The van der Waals surface area contributed by atoms with Gasteiger partial charge in [-0.2, -0.15) is 5.26 Å². The molecule has 0 aromatic heterocycles. The molecule has 0 aromatic carbocycles. The van der Waals surface area contributed by atoms with E-state index >= 15 is 0 Å². The molecule has 0 atom stereocenters. The molecule has 3 nitrogen and oxygen atoms in total. The zero-order valence-electron chi connectivity index (χ0n) is 4.47. The molecule has 0 N–H and O–H groups in total. The van der Waals surface area contributed by atoms with Gasteiger partial charge in [-0.1, -0.05) is 0 Å². The van der Waals surface area contributed by atoms with Gasteiger partial charge in [-0.05, 0) is 6.92 Å². The van der Waals surface area contributed by atoms with Crippen LogP contribution in [-0.4, -0.2) is 12.5 Å². The predicted molar refractivity (Wildman–Crippen MR) is 26.4 cm³/mol. The van der Waals surface area contributed by atoms with Crippen molar-refractivity contribution in [3.63, 3.8) is 0 Å². The topological polar surface area (TPSA) is 50.1 Å². The van der Waals surface area contributed by atoms with E-state index in [0.717, 1.165) is 0 Å². The van der Waals surface area contributed by atoms with Crippen LogP contribution in [0, 0.1) is 11.3 Å². The Balaban J connectivity index is 3.79. The standard InChI is InChI=1S/C5H5NO2/c1-2-8-5(3-6)4-7/h2H2,1H3. The highest BCUT2D eigenvalue weighted by Gasteiger charge is 1.89. The van der Waals surface area contributed by atoms with Crippen molar-refractivity contribution in [2.45, 2.75) is 6.92 Å². The van der Waals surface area contributed by atoms with Gasteiger partial charge in [-0.25, -0.2) is 4.79 Å². The SMILES string of the molecule is CCOC(=C=O)C#N. The van der Waals surface area contributed by atoms with E-state index in [4.69, 9.17) is 5.26 Å². The summed E-state index contributed by atoms with van der Waals surface area (Å²) >= 11 is 0. The lowest BCUT2D eigenvalue weighted by atomic mass is 10.6. The third kappa shape index (κ3) is 2.01. The normalized spacial score (nSPS) is 6.50. The van der Waals surface area contributed by atoms with E-state index in [-0.39, 0.29) is 5.76 Å². The molecule has 42 valence electrons. The fourth-order valence-corrected chi connectivity index (χ4v) is 0.229. The smallest absolute Gasteiger partial charge is 0.283 e. The number of nitriles is 1. The summed E-state index contributed by atoms with van der Waals surface area (Å²) in [6, 6.07) is 1.52. The minimum atomic E-state index is -0.285. The van der Waals surface area contributed by atoms with Crippen molar-refractivity contribution in [2.75, 3.05) is 6.61 Å². The van der Waals surface area contributed by atoms with Crippen LogP contribution in [0.3, 0.4) is 0 Å². The van der Waals surface area contributed by atoms with Crippen molar-refractivity contribution < 1.29 is 9.53 Å². The van der Waals surface area contributed by atoms with Gasteiger partial charge < -0.3 is 4.74 Å². The number of hydrogen-bond acceptors (Lipinski definition) is 3. The Kier molecular flexibility index (Phi) is 3.30. The van der Waals surface area contributed by atoms with Crippen LogP contribution >= 0.6 is 0 Å². The molecule has 0 heterocycles. The van der Waals surface area contributed by atoms with Crippen molar-refractivity contribution in [3.8, 4) is 6.07 Å². The Hall–Kier alpha value is -1.26. The van der Waals surface area contributed by atoms with Crippen LogP contribution in [0.2, 0.25) is 0 Å². The van der Waals surface area contributed by atoms with E-state index in [2.05, 4.69) is 4.74 Å². The average Bonchev–Trinajstić information content (AvgIpc) is 1.83. The monoisotopic (exact) mass is 111 g/mol. The first-order valence-corrected chi connectivity index (χ1v) is 2.13. The van der Waals surface area contributed by atoms with Gasteiger partial charge in [-0.3, -0.25) is 0 Å². The first-order valence-electron chi connectivity index (χ1n) is 2.13. The largest absolute Gasteiger partial charge is 0.476 e. The molecule has 0 aliphatic carbocycles. The molecular formula is C5H5NO2. The van der Waals surface area contributed by atoms with Crippen LogP contribution in [0.15, 0.2) is 5.76 Å². The van der Waals surface area contributed by atoms with Gasteiger partial charge in [0.1, 0.15) is 0 Å². The van der Waals surface area contributed by atoms with Crippen molar-refractivity contribution in [2.24, 2.45) is 0 Å². The minimum absolute atomic E-state index is 0.285. The molecule has 0 unspecified atom stereocenters. The second kappa shape index (κ2) is 3.91. The second-order valence-corrected chi connectivity index (χ2v) is 0.976. The zero-order chi connectivity index (χ0) is 6.41. The van der Waals surface area contributed by atoms with Crippen molar-refractivity contribution in [1.29, 1.82) is 5.26 Å². The molecule has 0 saturated heterocycles. The third-order valence-corrected chi connectivity index (χ3v) is 0.483. The Labute approximate surface area is 47.2 Å². The van der Waals surface area contributed by atoms with E-state index in [1.54, 1.807) is 6.92 Å². The highest BCUT2D eigenvalue weighted by atomic mass is 16.5. The fourth-order valence-electron chi connectivity index (χ4n) is 0.229. The Morgan fingerprint density at radius 1 is 1.88 bits per heavy atom. The first-order chi connectivity index (χ1) is 3.85. The van der Waals surface area contributed by atoms with Crippen LogP contribution in [0.25, 0.3) is 0 Å². The second-order valence-electron chi connectivity index (χ2n) is 0.976. The van der Waals surface area contributed by atoms with E-state index in [1.807, 2.05) is 0 Å². The maximum atomic E-state index is 9.62. The maximum Gasteiger partial charge on any atom is 0.283 e. The Morgan fingerprint density at radius 2 is 2.50 bits per heavy atom. The summed E-state index contributed by atoms with van der Waals surface area (Å²) in [4.78, 5) is 9.62. The molecule has 3 heteroatoms. The van der Waals surface area contributed by atoms with Crippen LogP contribution in [0.1, 0.15) is 6.92 Å². The van der Waals surface area contributed by atoms with E-state index in [1.165, 1.54) is 12.0 Å². The number of nitrogens with zero attached hydrogens (tertiary/aromatic N) is 1. The highest BCUT2D eigenvalue weighted by molar-refractivity contribution is 5.55. The van der Waals surface area contributed by atoms with Crippen molar-refractivity contribution in [1.82, 2.24) is 0 Å². The van der Waals surface area contributed by atoms with Gasteiger partial charge in [0.25, 0.3) is 5.76 Å². The van der Waals surface area contributed by atoms with Crippen molar-refractivity contribution >= 4 is 5.94 Å². The molecular weight excluding hydrogens is 106 g/mol. The number of allylic oxidation sites excluding steroid dienone is 1. The lowest BCUT2D eigenvalue weighted by molar-refractivity contribution is 0.248. The number of ether oxygens (including phenoxy) is 1. The van der Waals surface area contributed by atoms with Gasteiger partial charge >= 0.3 is 0 Å². The summed E-state index contributed by atoms with van der Waals surface area (Å²) in [7, 11) is 0. The molecule has 0 aliphatic heterocycles. The van der Waals surface area contributed by atoms with Crippen molar-refractivity contribution in [3.05, 3.63) is 5.76 Å². The quantitative estimate of drug-likeness (QED) is 0.292. The summed E-state index contributed by atoms with van der Waals surface area (Å²) in [5.74, 6) is 1.05. The van der Waals surface area contributed by atoms with Gasteiger partial charge in [0.15, 0.2) is 12.0 Å². The minimum Gasteiger partial charge on any atom is -0.476 e. The van der Waals surface area contributed by atoms with Crippen LogP contribution in [-0.2, 0) is 9.53 Å². The molecule has 0 aromatic rings. The number of rotatable bonds is 2. The molecule has 8 heavy (non-hydrogen) atoms. The predicted octanol–water partition coefficient (Wildman–Crippen LogP) is 0.262. The summed E-state index contributed by atoms with van der Waals surface area (Å²) in [5, 5.41) is 7.98. The number of carbonyl (C=O) groups excluding carboxylic acids is 1. The molecule has 0 fully saturated rings. The van der Waals surface area contributed by atoms with Gasteiger partial charge in [0.05, 0.1) is 6.61 Å². The van der Waals surface area contributed by atoms with Crippen LogP contribution < -0.4 is 0 Å². The van der Waals surface area contributed by atoms with E-state index < -0.39 is 0 Å². The molecule has 0 spiro atoms. The summed E-state index contributed by atoms with van der Waals surface area (Å²) < 4.78 is 4.47.